The first kappa shape index (κ1) is 12.6. The van der Waals surface area contributed by atoms with E-state index in [1.54, 1.807) is 11.2 Å². The lowest BCUT2D eigenvalue weighted by atomic mass is 9.96. The van der Waals surface area contributed by atoms with E-state index >= 15 is 0 Å². The van der Waals surface area contributed by atoms with Crippen LogP contribution in [0.25, 0.3) is 0 Å². The van der Waals surface area contributed by atoms with Crippen LogP contribution in [-0.4, -0.2) is 36.0 Å². The Morgan fingerprint density at radius 1 is 1.47 bits per heavy atom. The molecule has 0 radical (unpaired) electrons. The average molecular weight is 257 g/mol. The third-order valence-electron chi connectivity index (χ3n) is 3.55. The third kappa shape index (κ3) is 2.37. The van der Waals surface area contributed by atoms with Crippen LogP contribution in [0.2, 0.25) is 0 Å². The van der Waals surface area contributed by atoms with Crippen LogP contribution < -0.4 is 0 Å². The molecule has 0 atom stereocenters. The Morgan fingerprint density at radius 2 is 2.12 bits per heavy atom. The first-order valence-electron chi connectivity index (χ1n) is 6.05. The number of H-pyrrole nitrogens is 1. The molecule has 0 bridgehead atoms. The van der Waals surface area contributed by atoms with Crippen LogP contribution in [0.15, 0.2) is 11.1 Å². The van der Waals surface area contributed by atoms with Crippen molar-refractivity contribution >= 4 is 10.0 Å². The van der Waals surface area contributed by atoms with Gasteiger partial charge in [-0.05, 0) is 25.7 Å². The lowest BCUT2D eigenvalue weighted by Gasteiger charge is -2.30. The summed E-state index contributed by atoms with van der Waals surface area (Å²) in [6.45, 7) is 5.16. The first-order chi connectivity index (χ1) is 8.05. The highest BCUT2D eigenvalue weighted by Crippen LogP contribution is 2.25. The number of nitrogens with zero attached hydrogens (tertiary/aromatic N) is 2. The Bertz CT molecular complexity index is 473. The van der Waals surface area contributed by atoms with Gasteiger partial charge in [0, 0.05) is 13.1 Å². The van der Waals surface area contributed by atoms with Gasteiger partial charge < -0.3 is 0 Å². The maximum Gasteiger partial charge on any atom is 0.246 e. The topological polar surface area (TPSA) is 66.1 Å². The molecule has 0 amide bonds. The van der Waals surface area contributed by atoms with Gasteiger partial charge in [-0.25, -0.2) is 8.42 Å². The zero-order chi connectivity index (χ0) is 12.5. The van der Waals surface area contributed by atoms with Gasteiger partial charge in [0.05, 0.1) is 11.9 Å². The highest BCUT2D eigenvalue weighted by molar-refractivity contribution is 7.89. The molecule has 1 aromatic heterocycles. The fraction of sp³-hybridized carbons (Fsp3) is 0.727. The van der Waals surface area contributed by atoms with Gasteiger partial charge in [-0.1, -0.05) is 13.3 Å². The quantitative estimate of drug-likeness (QED) is 0.893. The van der Waals surface area contributed by atoms with Crippen LogP contribution in [0.1, 0.15) is 31.9 Å². The van der Waals surface area contributed by atoms with Gasteiger partial charge in [-0.15, -0.1) is 0 Å². The second kappa shape index (κ2) is 4.78. The Morgan fingerprint density at radius 3 is 2.59 bits per heavy atom. The predicted octanol–water partition coefficient (Wildman–Crippen LogP) is 1.53. The van der Waals surface area contributed by atoms with E-state index in [0.717, 1.165) is 19.3 Å². The van der Waals surface area contributed by atoms with Gasteiger partial charge in [0.2, 0.25) is 10.0 Å². The molecule has 1 fully saturated rings. The molecule has 1 aliphatic heterocycles. The molecule has 0 unspecified atom stereocenters. The van der Waals surface area contributed by atoms with Crippen molar-refractivity contribution in [3.63, 3.8) is 0 Å². The van der Waals surface area contributed by atoms with Gasteiger partial charge in [0.1, 0.15) is 4.90 Å². The molecule has 2 rings (SSSR count). The molecule has 5 nitrogen and oxygen atoms in total. The van der Waals surface area contributed by atoms with Crippen molar-refractivity contribution in [1.29, 1.82) is 0 Å². The molecule has 1 aliphatic rings. The van der Waals surface area contributed by atoms with E-state index in [2.05, 4.69) is 17.1 Å². The second-order valence-electron chi connectivity index (χ2n) is 4.61. The molecule has 0 aliphatic carbocycles. The Hall–Kier alpha value is -0.880. The molecule has 0 saturated carbocycles. The maximum atomic E-state index is 12.3. The van der Waals surface area contributed by atoms with Crippen molar-refractivity contribution < 1.29 is 8.42 Å². The highest BCUT2D eigenvalue weighted by Gasteiger charge is 2.30. The van der Waals surface area contributed by atoms with Gasteiger partial charge in [0.25, 0.3) is 0 Å². The molecule has 0 spiro atoms. The van der Waals surface area contributed by atoms with Crippen LogP contribution >= 0.6 is 0 Å². The zero-order valence-electron chi connectivity index (χ0n) is 10.3. The minimum absolute atomic E-state index is 0.312. The largest absolute Gasteiger partial charge is 0.281 e. The first-order valence-corrected chi connectivity index (χ1v) is 7.49. The number of hydrogen-bond donors (Lipinski definition) is 1. The summed E-state index contributed by atoms with van der Waals surface area (Å²) in [6, 6.07) is 0. The van der Waals surface area contributed by atoms with E-state index in [4.69, 9.17) is 0 Å². The van der Waals surface area contributed by atoms with Crippen molar-refractivity contribution in [3.8, 4) is 0 Å². The third-order valence-corrected chi connectivity index (χ3v) is 5.56. The second-order valence-corrected chi connectivity index (χ2v) is 6.52. The van der Waals surface area contributed by atoms with Crippen LogP contribution in [0, 0.1) is 12.8 Å². The van der Waals surface area contributed by atoms with E-state index in [1.807, 2.05) is 0 Å². The summed E-state index contributed by atoms with van der Waals surface area (Å²) in [6.07, 6.45) is 4.47. The Balaban J connectivity index is 2.16. The molecule has 96 valence electrons. The number of rotatable bonds is 3. The summed E-state index contributed by atoms with van der Waals surface area (Å²) in [5.74, 6) is 0.673. The number of piperidine rings is 1. The maximum absolute atomic E-state index is 12.3. The molecule has 0 aromatic carbocycles. The van der Waals surface area contributed by atoms with Crippen LogP contribution in [0.5, 0.6) is 0 Å². The summed E-state index contributed by atoms with van der Waals surface area (Å²) in [4.78, 5) is 0.312. The van der Waals surface area contributed by atoms with Gasteiger partial charge >= 0.3 is 0 Å². The molecular formula is C11H19N3O2S. The van der Waals surface area contributed by atoms with Crippen molar-refractivity contribution in [1.82, 2.24) is 14.5 Å². The van der Waals surface area contributed by atoms with Crippen molar-refractivity contribution in [2.45, 2.75) is 38.0 Å². The number of aromatic nitrogens is 2. The molecule has 1 aromatic rings. The molecule has 6 heteroatoms. The van der Waals surface area contributed by atoms with E-state index in [1.165, 1.54) is 6.20 Å². The number of aromatic amines is 1. The average Bonchev–Trinajstić information content (AvgIpc) is 2.76. The van der Waals surface area contributed by atoms with Gasteiger partial charge in [0.15, 0.2) is 0 Å². The van der Waals surface area contributed by atoms with E-state index < -0.39 is 10.0 Å². The van der Waals surface area contributed by atoms with E-state index in [0.29, 0.717) is 29.6 Å². The van der Waals surface area contributed by atoms with Gasteiger partial charge in [-0.2, -0.15) is 9.40 Å². The number of aryl methyl sites for hydroxylation is 1. The Labute approximate surface area is 102 Å². The van der Waals surface area contributed by atoms with E-state index in [9.17, 15) is 8.42 Å². The molecule has 1 saturated heterocycles. The summed E-state index contributed by atoms with van der Waals surface area (Å²) in [7, 11) is -3.34. The standard InChI is InChI=1S/C11H19N3O2S/c1-3-10-4-6-14(7-5-10)17(15,16)11-8-12-13-9(11)2/h8,10H,3-7H2,1-2H3,(H,12,13). The zero-order valence-corrected chi connectivity index (χ0v) is 11.1. The summed E-state index contributed by atoms with van der Waals surface area (Å²) < 4.78 is 26.2. The number of sulfonamides is 1. The SMILES string of the molecule is CCC1CCN(S(=O)(=O)c2cn[nH]c2C)CC1. The Kier molecular flexibility index (Phi) is 3.53. The monoisotopic (exact) mass is 257 g/mol. The van der Waals surface area contributed by atoms with Crippen LogP contribution in [0.4, 0.5) is 0 Å². The number of nitrogens with one attached hydrogen (secondary N) is 1. The predicted molar refractivity (Wildman–Crippen MR) is 65.1 cm³/mol. The van der Waals surface area contributed by atoms with Crippen molar-refractivity contribution in [2.75, 3.05) is 13.1 Å². The molecule has 1 N–H and O–H groups in total. The molecule has 2 heterocycles. The minimum Gasteiger partial charge on any atom is -0.281 e. The van der Waals surface area contributed by atoms with Crippen molar-refractivity contribution in [2.24, 2.45) is 5.92 Å². The van der Waals surface area contributed by atoms with E-state index in [-0.39, 0.29) is 0 Å². The lowest BCUT2D eigenvalue weighted by Crippen LogP contribution is -2.38. The van der Waals surface area contributed by atoms with Crippen LogP contribution in [0.3, 0.4) is 0 Å². The smallest absolute Gasteiger partial charge is 0.246 e. The van der Waals surface area contributed by atoms with Crippen LogP contribution in [-0.2, 0) is 10.0 Å². The minimum atomic E-state index is -3.34. The summed E-state index contributed by atoms with van der Waals surface area (Å²) in [5, 5.41) is 6.46. The molecule has 17 heavy (non-hydrogen) atoms. The normalized spacial score (nSPS) is 19.6. The van der Waals surface area contributed by atoms with Gasteiger partial charge in [-0.3, -0.25) is 5.10 Å². The fourth-order valence-corrected chi connectivity index (χ4v) is 3.88. The molecular weight excluding hydrogens is 238 g/mol. The van der Waals surface area contributed by atoms with Crippen molar-refractivity contribution in [3.05, 3.63) is 11.9 Å². The summed E-state index contributed by atoms with van der Waals surface area (Å²) in [5.41, 5.74) is 0.614. The number of hydrogen-bond acceptors (Lipinski definition) is 3. The highest BCUT2D eigenvalue weighted by atomic mass is 32.2. The fourth-order valence-electron chi connectivity index (χ4n) is 2.30. The lowest BCUT2D eigenvalue weighted by molar-refractivity contribution is 0.269. The summed E-state index contributed by atoms with van der Waals surface area (Å²) >= 11 is 0.